The van der Waals surface area contributed by atoms with Crippen LogP contribution in [0.15, 0.2) is 91.0 Å². The van der Waals surface area contributed by atoms with Gasteiger partial charge in [0.25, 0.3) is 5.91 Å². The van der Waals surface area contributed by atoms with Crippen molar-refractivity contribution in [1.82, 2.24) is 15.7 Å². The van der Waals surface area contributed by atoms with Crippen LogP contribution in [0.25, 0.3) is 0 Å². The number of rotatable bonds is 15. The second-order valence-electron chi connectivity index (χ2n) is 12.4. The summed E-state index contributed by atoms with van der Waals surface area (Å²) < 4.78 is 25.3. The lowest BCUT2D eigenvalue weighted by molar-refractivity contribution is -0.193. The smallest absolute Gasteiger partial charge is 0.328 e. The first-order valence-electron chi connectivity index (χ1n) is 16.1. The molecule has 0 bridgehead atoms. The monoisotopic (exact) mass is 659 g/mol. The van der Waals surface area contributed by atoms with E-state index >= 15 is 0 Å². The topological polar surface area (TPSA) is 140 Å². The Morgan fingerprint density at radius 2 is 1.49 bits per heavy atom. The van der Waals surface area contributed by atoms with Crippen LogP contribution in [-0.2, 0) is 39.8 Å². The maximum atomic E-state index is 14.5. The number of carbonyl (C=O) groups is 4. The van der Waals surface area contributed by atoms with Crippen LogP contribution >= 0.6 is 7.29 Å². The Hall–Kier alpha value is -4.27. The fraction of sp³-hybridized carbons (Fsp3) is 0.389. The predicted octanol–water partition coefficient (Wildman–Crippen LogP) is 3.60. The molecule has 3 aromatic carbocycles. The van der Waals surface area contributed by atoms with Crippen molar-refractivity contribution < 1.29 is 33.2 Å². The zero-order valence-corrected chi connectivity index (χ0v) is 27.7. The van der Waals surface area contributed by atoms with Gasteiger partial charge in [0.15, 0.2) is 6.10 Å². The molecular weight excluding hydrogens is 617 g/mol. The molecule has 0 radical (unpaired) electrons. The highest BCUT2D eigenvalue weighted by Crippen LogP contribution is 2.40. The largest absolute Gasteiger partial charge is 0.459 e. The molecular formula is C36H42N3O7P. The van der Waals surface area contributed by atoms with E-state index in [1.54, 1.807) is 55.5 Å². The lowest BCUT2D eigenvalue weighted by atomic mass is 9.83. The summed E-state index contributed by atoms with van der Waals surface area (Å²) in [4.78, 5) is 51.9. The van der Waals surface area contributed by atoms with Crippen molar-refractivity contribution in [2.45, 2.75) is 70.9 Å². The van der Waals surface area contributed by atoms with Crippen LogP contribution in [-0.4, -0.2) is 48.0 Å². The Balaban J connectivity index is 1.26. The summed E-state index contributed by atoms with van der Waals surface area (Å²) in [6.07, 6.45) is 0.762. The van der Waals surface area contributed by atoms with Crippen molar-refractivity contribution in [3.8, 4) is 0 Å². The number of ether oxygens (including phenoxy) is 2. The third-order valence-electron chi connectivity index (χ3n) is 8.98. The van der Waals surface area contributed by atoms with Gasteiger partial charge in [-0.15, -0.1) is 0 Å². The quantitative estimate of drug-likeness (QED) is 0.166. The molecule has 2 aliphatic rings. The molecule has 1 aliphatic heterocycles. The number of esters is 2. The van der Waals surface area contributed by atoms with Gasteiger partial charge in [0.1, 0.15) is 18.6 Å². The van der Waals surface area contributed by atoms with Crippen LogP contribution in [0.5, 0.6) is 0 Å². The summed E-state index contributed by atoms with van der Waals surface area (Å²) in [6.45, 7) is 5.53. The van der Waals surface area contributed by atoms with E-state index in [9.17, 15) is 23.7 Å². The fourth-order valence-corrected chi connectivity index (χ4v) is 8.27. The summed E-state index contributed by atoms with van der Waals surface area (Å²) in [6, 6.07) is 24.9. The van der Waals surface area contributed by atoms with Gasteiger partial charge in [-0.05, 0) is 61.4 Å². The normalized spacial score (nSPS) is 22.1. The van der Waals surface area contributed by atoms with E-state index in [4.69, 9.17) is 9.47 Å². The predicted molar refractivity (Wildman–Crippen MR) is 178 cm³/mol. The van der Waals surface area contributed by atoms with E-state index in [0.717, 1.165) is 12.0 Å². The maximum absolute atomic E-state index is 14.5. The molecule has 0 aromatic heterocycles. The molecule has 10 nitrogen and oxygen atoms in total. The zero-order valence-electron chi connectivity index (χ0n) is 26.8. The van der Waals surface area contributed by atoms with Crippen molar-refractivity contribution in [3.63, 3.8) is 0 Å². The standard InChI is InChI=1S/C36H42N3O7P/c1-4-23(2)31-32(46-36(31)43)34(41)37-29-20-26(29)21-30(35(42)45-22-25-14-8-5-9-15-25)38-33(40)24(3)39-47(44,27-16-10-6-11-17-27)28-18-12-7-13-19-28/h5-19,23-24,26,29-32H,4,20-22H2,1-3H3,(H,37,41)(H,38,40)(H,39,44). The Morgan fingerprint density at radius 3 is 2.04 bits per heavy atom. The highest BCUT2D eigenvalue weighted by Gasteiger charge is 2.51. The van der Waals surface area contributed by atoms with Crippen molar-refractivity contribution in [1.29, 1.82) is 0 Å². The Kier molecular flexibility index (Phi) is 10.9. The second-order valence-corrected chi connectivity index (χ2v) is 14.9. The van der Waals surface area contributed by atoms with Crippen LogP contribution in [0.3, 0.4) is 0 Å². The van der Waals surface area contributed by atoms with Gasteiger partial charge in [0.2, 0.25) is 13.2 Å². The van der Waals surface area contributed by atoms with Gasteiger partial charge in [-0.2, -0.15) is 0 Å². The number of amides is 2. The molecule has 2 amide bonds. The molecule has 3 N–H and O–H groups in total. The Labute approximate surface area is 275 Å². The van der Waals surface area contributed by atoms with Crippen LogP contribution in [0.1, 0.15) is 45.6 Å². The minimum absolute atomic E-state index is 0.0238. The van der Waals surface area contributed by atoms with Gasteiger partial charge in [-0.25, -0.2) is 9.88 Å². The maximum Gasteiger partial charge on any atom is 0.328 e. The summed E-state index contributed by atoms with van der Waals surface area (Å²) in [7, 11) is -3.43. The second kappa shape index (κ2) is 15.1. The summed E-state index contributed by atoms with van der Waals surface area (Å²) in [5.74, 6) is -2.37. The molecule has 2 fully saturated rings. The first kappa shape index (κ1) is 34.1. The Morgan fingerprint density at radius 1 is 0.915 bits per heavy atom. The third kappa shape index (κ3) is 8.18. The first-order chi connectivity index (χ1) is 22.6. The molecule has 1 saturated heterocycles. The van der Waals surface area contributed by atoms with E-state index < -0.39 is 43.3 Å². The molecule has 1 heterocycles. The lowest BCUT2D eigenvalue weighted by Gasteiger charge is -2.37. The number of hydrogen-bond acceptors (Lipinski definition) is 7. The van der Waals surface area contributed by atoms with Gasteiger partial charge in [-0.3, -0.25) is 18.9 Å². The average molecular weight is 660 g/mol. The van der Waals surface area contributed by atoms with E-state index in [0.29, 0.717) is 17.0 Å². The summed E-state index contributed by atoms with van der Waals surface area (Å²) in [5.41, 5.74) is 0.801. The molecule has 5 rings (SSSR count). The minimum atomic E-state index is -3.43. The molecule has 11 heteroatoms. The zero-order chi connectivity index (χ0) is 33.6. The number of carbonyl (C=O) groups excluding carboxylic acids is 4. The summed E-state index contributed by atoms with van der Waals surface area (Å²) in [5, 5.41) is 9.95. The third-order valence-corrected chi connectivity index (χ3v) is 11.8. The van der Waals surface area contributed by atoms with Crippen LogP contribution in [0.2, 0.25) is 0 Å². The molecule has 248 valence electrons. The van der Waals surface area contributed by atoms with Gasteiger partial charge >= 0.3 is 11.9 Å². The molecule has 7 unspecified atom stereocenters. The van der Waals surface area contributed by atoms with Gasteiger partial charge in [0, 0.05) is 16.7 Å². The van der Waals surface area contributed by atoms with E-state index in [-0.39, 0.29) is 42.8 Å². The fourth-order valence-electron chi connectivity index (χ4n) is 5.83. The van der Waals surface area contributed by atoms with Crippen molar-refractivity contribution >= 4 is 41.7 Å². The average Bonchev–Trinajstić information content (AvgIpc) is 3.82. The first-order valence-corrected chi connectivity index (χ1v) is 17.8. The van der Waals surface area contributed by atoms with E-state index in [2.05, 4.69) is 15.7 Å². The number of nitrogens with one attached hydrogen (secondary N) is 3. The number of hydrogen-bond donors (Lipinski definition) is 3. The van der Waals surface area contributed by atoms with Crippen molar-refractivity contribution in [2.24, 2.45) is 17.8 Å². The van der Waals surface area contributed by atoms with E-state index in [1.165, 1.54) is 0 Å². The van der Waals surface area contributed by atoms with Crippen molar-refractivity contribution in [2.75, 3.05) is 0 Å². The Bertz CT molecular complexity index is 1560. The van der Waals surface area contributed by atoms with E-state index in [1.807, 2.05) is 56.3 Å². The number of cyclic esters (lactones) is 1. The van der Waals surface area contributed by atoms with Gasteiger partial charge in [-0.1, -0.05) is 87.0 Å². The highest BCUT2D eigenvalue weighted by atomic mass is 31.2. The summed E-state index contributed by atoms with van der Waals surface area (Å²) >= 11 is 0. The minimum Gasteiger partial charge on any atom is -0.459 e. The molecule has 47 heavy (non-hydrogen) atoms. The van der Waals surface area contributed by atoms with Crippen LogP contribution in [0, 0.1) is 17.8 Å². The van der Waals surface area contributed by atoms with Gasteiger partial charge in [0.05, 0.1) is 6.04 Å². The van der Waals surface area contributed by atoms with Gasteiger partial charge < -0.3 is 20.1 Å². The SMILES string of the molecule is CCC(C)C1C(=O)OC1C(=O)NC1CC1CC(NC(=O)C(C)NP(=O)(c1ccccc1)c1ccccc1)C(=O)OCc1ccccc1. The molecule has 3 aromatic rings. The highest BCUT2D eigenvalue weighted by molar-refractivity contribution is 7.77. The number of benzene rings is 3. The molecule has 7 atom stereocenters. The molecule has 1 saturated carbocycles. The molecule has 0 spiro atoms. The van der Waals surface area contributed by atoms with Crippen LogP contribution < -0.4 is 26.3 Å². The van der Waals surface area contributed by atoms with Crippen molar-refractivity contribution in [3.05, 3.63) is 96.6 Å². The van der Waals surface area contributed by atoms with Crippen LogP contribution in [0.4, 0.5) is 0 Å². The molecule has 1 aliphatic carbocycles. The lowest BCUT2D eigenvalue weighted by Crippen LogP contribution is -2.56.